The molecular formula is C12H20N2S. The molecule has 0 saturated heterocycles. The molecular weight excluding hydrogens is 204 g/mol. The summed E-state index contributed by atoms with van der Waals surface area (Å²) in [4.78, 5) is 4.45. The Bertz CT molecular complexity index is 304. The summed E-state index contributed by atoms with van der Waals surface area (Å²) in [6.07, 6.45) is 5.68. The van der Waals surface area contributed by atoms with Crippen LogP contribution in [0.2, 0.25) is 0 Å². The zero-order valence-corrected chi connectivity index (χ0v) is 10.4. The van der Waals surface area contributed by atoms with Gasteiger partial charge >= 0.3 is 0 Å². The molecule has 0 aliphatic heterocycles. The summed E-state index contributed by atoms with van der Waals surface area (Å²) in [5, 5.41) is 6.87. The maximum atomic E-state index is 4.45. The highest BCUT2D eigenvalue weighted by Gasteiger charge is 2.19. The van der Waals surface area contributed by atoms with Gasteiger partial charge in [0.1, 0.15) is 0 Å². The van der Waals surface area contributed by atoms with Crippen molar-refractivity contribution in [2.75, 3.05) is 0 Å². The molecule has 1 saturated carbocycles. The Labute approximate surface area is 96.1 Å². The van der Waals surface area contributed by atoms with Gasteiger partial charge in [-0.15, -0.1) is 11.3 Å². The van der Waals surface area contributed by atoms with Crippen molar-refractivity contribution in [2.45, 2.75) is 52.1 Å². The Morgan fingerprint density at radius 1 is 1.60 bits per heavy atom. The molecule has 0 amide bonds. The third-order valence-corrected chi connectivity index (χ3v) is 4.03. The Morgan fingerprint density at radius 3 is 2.93 bits per heavy atom. The van der Waals surface area contributed by atoms with Crippen molar-refractivity contribution in [3.05, 3.63) is 16.1 Å². The van der Waals surface area contributed by atoms with Crippen LogP contribution in [0.3, 0.4) is 0 Å². The first-order chi connectivity index (χ1) is 7.24. The standard InChI is InChI=1S/C12H20N2S/c1-9(6-11-4-3-5-11)13-7-12-8-15-10(2)14-12/h8-9,11,13H,3-7H2,1-2H3. The van der Waals surface area contributed by atoms with Crippen molar-refractivity contribution in [1.29, 1.82) is 0 Å². The maximum Gasteiger partial charge on any atom is 0.0897 e. The smallest absolute Gasteiger partial charge is 0.0897 e. The quantitative estimate of drug-likeness (QED) is 0.831. The number of rotatable bonds is 5. The SMILES string of the molecule is Cc1nc(CNC(C)CC2CCC2)cs1. The lowest BCUT2D eigenvalue weighted by molar-refractivity contribution is 0.265. The summed E-state index contributed by atoms with van der Waals surface area (Å²) in [5.41, 5.74) is 1.19. The zero-order valence-electron chi connectivity index (χ0n) is 9.62. The van der Waals surface area contributed by atoms with Gasteiger partial charge in [0.25, 0.3) is 0 Å². The number of aromatic nitrogens is 1. The van der Waals surface area contributed by atoms with Gasteiger partial charge < -0.3 is 5.32 Å². The van der Waals surface area contributed by atoms with E-state index >= 15 is 0 Å². The predicted octanol–water partition coefficient (Wildman–Crippen LogP) is 3.12. The van der Waals surface area contributed by atoms with Gasteiger partial charge in [-0.05, 0) is 26.2 Å². The number of nitrogens with zero attached hydrogens (tertiary/aromatic N) is 1. The van der Waals surface area contributed by atoms with Gasteiger partial charge in [0.2, 0.25) is 0 Å². The molecule has 0 bridgehead atoms. The highest BCUT2D eigenvalue weighted by Crippen LogP contribution is 2.30. The molecule has 1 heterocycles. The van der Waals surface area contributed by atoms with E-state index in [0.29, 0.717) is 6.04 Å². The largest absolute Gasteiger partial charge is 0.309 e. The van der Waals surface area contributed by atoms with E-state index in [0.717, 1.165) is 12.5 Å². The molecule has 15 heavy (non-hydrogen) atoms. The first-order valence-electron chi connectivity index (χ1n) is 5.88. The van der Waals surface area contributed by atoms with E-state index in [1.807, 2.05) is 0 Å². The monoisotopic (exact) mass is 224 g/mol. The minimum absolute atomic E-state index is 0.636. The summed E-state index contributed by atoms with van der Waals surface area (Å²) >= 11 is 1.73. The van der Waals surface area contributed by atoms with Gasteiger partial charge in [0, 0.05) is 18.0 Å². The topological polar surface area (TPSA) is 24.9 Å². The van der Waals surface area contributed by atoms with Crippen molar-refractivity contribution in [3.8, 4) is 0 Å². The average Bonchev–Trinajstić information content (AvgIpc) is 2.55. The number of aryl methyl sites for hydroxylation is 1. The predicted molar refractivity (Wildman–Crippen MR) is 65.1 cm³/mol. The average molecular weight is 224 g/mol. The second-order valence-corrected chi connectivity index (χ2v) is 5.73. The van der Waals surface area contributed by atoms with Crippen LogP contribution >= 0.6 is 11.3 Å². The van der Waals surface area contributed by atoms with Crippen LogP contribution in [0.15, 0.2) is 5.38 Å². The van der Waals surface area contributed by atoms with E-state index in [9.17, 15) is 0 Å². The third kappa shape index (κ3) is 3.28. The van der Waals surface area contributed by atoms with Crippen LogP contribution in [0.25, 0.3) is 0 Å². The molecule has 2 nitrogen and oxygen atoms in total. The molecule has 84 valence electrons. The number of nitrogens with one attached hydrogen (secondary N) is 1. The minimum atomic E-state index is 0.636. The van der Waals surface area contributed by atoms with Gasteiger partial charge in [-0.25, -0.2) is 4.98 Å². The van der Waals surface area contributed by atoms with Gasteiger partial charge in [0.05, 0.1) is 10.7 Å². The van der Waals surface area contributed by atoms with Crippen LogP contribution in [0.4, 0.5) is 0 Å². The van der Waals surface area contributed by atoms with Crippen molar-refractivity contribution >= 4 is 11.3 Å². The lowest BCUT2D eigenvalue weighted by Gasteiger charge is -2.28. The van der Waals surface area contributed by atoms with Gasteiger partial charge in [-0.3, -0.25) is 0 Å². The Hall–Kier alpha value is -0.410. The molecule has 1 atom stereocenters. The van der Waals surface area contributed by atoms with Crippen LogP contribution in [-0.2, 0) is 6.54 Å². The number of thiazole rings is 1. The van der Waals surface area contributed by atoms with E-state index < -0.39 is 0 Å². The van der Waals surface area contributed by atoms with Crippen LogP contribution in [0, 0.1) is 12.8 Å². The molecule has 1 N–H and O–H groups in total. The highest BCUT2D eigenvalue weighted by molar-refractivity contribution is 7.09. The second-order valence-electron chi connectivity index (χ2n) is 4.67. The second kappa shape index (κ2) is 5.08. The van der Waals surface area contributed by atoms with Crippen molar-refractivity contribution in [2.24, 2.45) is 5.92 Å². The molecule has 1 aromatic rings. The fraction of sp³-hybridized carbons (Fsp3) is 0.750. The van der Waals surface area contributed by atoms with E-state index in [1.165, 1.54) is 36.4 Å². The third-order valence-electron chi connectivity index (χ3n) is 3.21. The number of hydrogen-bond acceptors (Lipinski definition) is 3. The summed E-state index contributed by atoms with van der Waals surface area (Å²) in [5.74, 6) is 0.990. The van der Waals surface area contributed by atoms with Crippen molar-refractivity contribution in [3.63, 3.8) is 0 Å². The molecule has 0 radical (unpaired) electrons. The van der Waals surface area contributed by atoms with Crippen LogP contribution < -0.4 is 5.32 Å². The van der Waals surface area contributed by atoms with Gasteiger partial charge in [0.15, 0.2) is 0 Å². The lowest BCUT2D eigenvalue weighted by atomic mass is 9.81. The first kappa shape index (κ1) is 11.1. The summed E-state index contributed by atoms with van der Waals surface area (Å²) < 4.78 is 0. The van der Waals surface area contributed by atoms with Gasteiger partial charge in [-0.1, -0.05) is 19.3 Å². The Kier molecular flexibility index (Phi) is 3.76. The fourth-order valence-electron chi connectivity index (χ4n) is 2.08. The van der Waals surface area contributed by atoms with E-state index in [2.05, 4.69) is 29.5 Å². The molecule has 1 aliphatic carbocycles. The molecule has 0 spiro atoms. The summed E-state index contributed by atoms with van der Waals surface area (Å²) in [6.45, 7) is 5.28. The van der Waals surface area contributed by atoms with E-state index in [1.54, 1.807) is 11.3 Å². The molecule has 3 heteroatoms. The van der Waals surface area contributed by atoms with E-state index in [4.69, 9.17) is 0 Å². The number of hydrogen-bond donors (Lipinski definition) is 1. The molecule has 1 aromatic heterocycles. The fourth-order valence-corrected chi connectivity index (χ4v) is 2.69. The lowest BCUT2D eigenvalue weighted by Crippen LogP contribution is -2.29. The first-order valence-corrected chi connectivity index (χ1v) is 6.76. The van der Waals surface area contributed by atoms with Crippen molar-refractivity contribution < 1.29 is 0 Å². The molecule has 0 aromatic carbocycles. The highest BCUT2D eigenvalue weighted by atomic mass is 32.1. The van der Waals surface area contributed by atoms with E-state index in [-0.39, 0.29) is 0 Å². The molecule has 1 aliphatic rings. The molecule has 1 unspecified atom stereocenters. The van der Waals surface area contributed by atoms with Crippen molar-refractivity contribution in [1.82, 2.24) is 10.3 Å². The zero-order chi connectivity index (χ0) is 10.7. The Morgan fingerprint density at radius 2 is 2.40 bits per heavy atom. The molecule has 1 fully saturated rings. The van der Waals surface area contributed by atoms with Gasteiger partial charge in [-0.2, -0.15) is 0 Å². The van der Waals surface area contributed by atoms with Crippen LogP contribution in [0.5, 0.6) is 0 Å². The minimum Gasteiger partial charge on any atom is -0.309 e. The summed E-state index contributed by atoms with van der Waals surface area (Å²) in [6, 6.07) is 0.636. The molecule has 2 rings (SSSR count). The van der Waals surface area contributed by atoms with Crippen LogP contribution in [-0.4, -0.2) is 11.0 Å². The maximum absolute atomic E-state index is 4.45. The normalized spacial score (nSPS) is 18.8. The summed E-state index contributed by atoms with van der Waals surface area (Å²) in [7, 11) is 0. The van der Waals surface area contributed by atoms with Crippen LogP contribution in [0.1, 0.15) is 43.3 Å². The Balaban J connectivity index is 1.68.